The summed E-state index contributed by atoms with van der Waals surface area (Å²) in [5.74, 6) is 1.56. The fourth-order valence-electron chi connectivity index (χ4n) is 4.98. The monoisotopic (exact) mass is 291 g/mol. The maximum absolute atomic E-state index is 6.87. The molecule has 0 aliphatic heterocycles. The maximum atomic E-state index is 6.87. The molecule has 1 unspecified atom stereocenters. The summed E-state index contributed by atoms with van der Waals surface area (Å²) >= 11 is 0. The summed E-state index contributed by atoms with van der Waals surface area (Å²) < 4.78 is 0. The van der Waals surface area contributed by atoms with E-state index in [0.717, 1.165) is 12.8 Å². The third-order valence-corrected chi connectivity index (χ3v) is 6.36. The molecule has 5 rings (SSSR count). The predicted octanol–water partition coefficient (Wildman–Crippen LogP) is 4.80. The van der Waals surface area contributed by atoms with Crippen molar-refractivity contribution in [3.8, 4) is 0 Å². The molecule has 3 aliphatic carbocycles. The van der Waals surface area contributed by atoms with Crippen LogP contribution in [0.15, 0.2) is 48.5 Å². The molecule has 0 amide bonds. The Kier molecular flexibility index (Phi) is 3.16. The van der Waals surface area contributed by atoms with Gasteiger partial charge in [-0.15, -0.1) is 0 Å². The molecule has 0 heterocycles. The Bertz CT molecular complexity index is 651. The summed E-state index contributed by atoms with van der Waals surface area (Å²) in [7, 11) is 0. The van der Waals surface area contributed by atoms with Crippen molar-refractivity contribution in [1.29, 1.82) is 0 Å². The SMILES string of the molecule is CCC(N)(CC)C1CC2c3ccccc3C1c1ccccc12. The van der Waals surface area contributed by atoms with Gasteiger partial charge < -0.3 is 5.73 Å². The van der Waals surface area contributed by atoms with Crippen molar-refractivity contribution in [2.24, 2.45) is 11.7 Å². The van der Waals surface area contributed by atoms with E-state index in [2.05, 4.69) is 62.4 Å². The number of hydrogen-bond donors (Lipinski definition) is 1. The highest BCUT2D eigenvalue weighted by Gasteiger charge is 2.49. The Balaban J connectivity index is 1.93. The molecule has 1 nitrogen and oxygen atoms in total. The van der Waals surface area contributed by atoms with E-state index in [0.29, 0.717) is 17.8 Å². The van der Waals surface area contributed by atoms with Gasteiger partial charge in [-0.2, -0.15) is 0 Å². The van der Waals surface area contributed by atoms with Crippen molar-refractivity contribution in [1.82, 2.24) is 0 Å². The number of fused-ring (bicyclic) bond motifs is 1. The first-order valence-corrected chi connectivity index (χ1v) is 8.66. The summed E-state index contributed by atoms with van der Waals surface area (Å²) in [5.41, 5.74) is 13.0. The summed E-state index contributed by atoms with van der Waals surface area (Å²) in [6, 6.07) is 18.1. The highest BCUT2D eigenvalue weighted by atomic mass is 14.8. The Labute approximate surface area is 133 Å². The molecule has 1 heteroatoms. The van der Waals surface area contributed by atoms with Gasteiger partial charge >= 0.3 is 0 Å². The molecule has 0 spiro atoms. The van der Waals surface area contributed by atoms with Crippen molar-refractivity contribution in [3.05, 3.63) is 70.8 Å². The maximum Gasteiger partial charge on any atom is 0.0187 e. The number of hydrogen-bond acceptors (Lipinski definition) is 1. The van der Waals surface area contributed by atoms with Gasteiger partial charge in [-0.05, 0) is 47.4 Å². The highest BCUT2D eigenvalue weighted by molar-refractivity contribution is 5.56. The van der Waals surface area contributed by atoms with Crippen LogP contribution < -0.4 is 5.73 Å². The molecule has 1 atom stereocenters. The summed E-state index contributed by atoms with van der Waals surface area (Å²) in [5, 5.41) is 0. The molecule has 2 aromatic carbocycles. The van der Waals surface area contributed by atoms with E-state index in [9.17, 15) is 0 Å². The lowest BCUT2D eigenvalue weighted by Crippen LogP contribution is -2.52. The fourth-order valence-corrected chi connectivity index (χ4v) is 4.98. The van der Waals surface area contributed by atoms with E-state index in [1.807, 2.05) is 0 Å². The van der Waals surface area contributed by atoms with Gasteiger partial charge in [0, 0.05) is 17.4 Å². The van der Waals surface area contributed by atoms with Gasteiger partial charge in [0.2, 0.25) is 0 Å². The minimum absolute atomic E-state index is 0.0516. The first-order valence-electron chi connectivity index (χ1n) is 8.66. The van der Waals surface area contributed by atoms with Crippen LogP contribution in [0.25, 0.3) is 0 Å². The van der Waals surface area contributed by atoms with Gasteiger partial charge in [-0.3, -0.25) is 0 Å². The zero-order valence-corrected chi connectivity index (χ0v) is 13.5. The van der Waals surface area contributed by atoms with E-state index < -0.39 is 0 Å². The molecule has 114 valence electrons. The van der Waals surface area contributed by atoms with Crippen LogP contribution >= 0.6 is 0 Å². The molecule has 2 aromatic rings. The van der Waals surface area contributed by atoms with Gasteiger partial charge in [0.15, 0.2) is 0 Å². The third-order valence-electron chi connectivity index (χ3n) is 6.36. The number of benzene rings is 2. The van der Waals surface area contributed by atoms with Crippen LogP contribution in [0.5, 0.6) is 0 Å². The lowest BCUT2D eigenvalue weighted by Gasteiger charge is -2.51. The zero-order chi connectivity index (χ0) is 15.3. The summed E-state index contributed by atoms with van der Waals surface area (Å²) in [6.45, 7) is 4.51. The van der Waals surface area contributed by atoms with Crippen molar-refractivity contribution in [2.75, 3.05) is 0 Å². The van der Waals surface area contributed by atoms with Crippen molar-refractivity contribution in [3.63, 3.8) is 0 Å². The molecule has 0 radical (unpaired) electrons. The second-order valence-electron chi connectivity index (χ2n) is 7.07. The lowest BCUT2D eigenvalue weighted by molar-refractivity contribution is 0.187. The first-order chi connectivity index (χ1) is 10.7. The largest absolute Gasteiger partial charge is 0.325 e. The van der Waals surface area contributed by atoms with Crippen LogP contribution in [0, 0.1) is 5.92 Å². The Morgan fingerprint density at radius 1 is 0.864 bits per heavy atom. The quantitative estimate of drug-likeness (QED) is 0.863. The Morgan fingerprint density at radius 2 is 1.32 bits per heavy atom. The molecule has 0 saturated heterocycles. The summed E-state index contributed by atoms with van der Waals surface area (Å²) in [4.78, 5) is 0. The van der Waals surface area contributed by atoms with E-state index in [1.54, 1.807) is 0 Å². The van der Waals surface area contributed by atoms with Crippen molar-refractivity contribution >= 4 is 0 Å². The van der Waals surface area contributed by atoms with Crippen LogP contribution in [-0.2, 0) is 0 Å². The minimum atomic E-state index is -0.0516. The lowest BCUT2D eigenvalue weighted by atomic mass is 9.54. The molecule has 22 heavy (non-hydrogen) atoms. The molecule has 0 saturated carbocycles. The second-order valence-corrected chi connectivity index (χ2v) is 7.07. The fraction of sp³-hybridized carbons (Fsp3) is 0.429. The Morgan fingerprint density at radius 3 is 1.77 bits per heavy atom. The van der Waals surface area contributed by atoms with Gasteiger partial charge in [0.25, 0.3) is 0 Å². The third kappa shape index (κ3) is 1.75. The smallest absolute Gasteiger partial charge is 0.0187 e. The molecule has 2 N–H and O–H groups in total. The molecule has 2 bridgehead atoms. The molecular formula is C21H25N. The molecular weight excluding hydrogens is 266 g/mol. The number of rotatable bonds is 3. The highest BCUT2D eigenvalue weighted by Crippen LogP contribution is 2.58. The molecule has 3 aliphatic rings. The minimum Gasteiger partial charge on any atom is -0.325 e. The van der Waals surface area contributed by atoms with Crippen molar-refractivity contribution in [2.45, 2.75) is 50.5 Å². The van der Waals surface area contributed by atoms with Crippen LogP contribution in [0.3, 0.4) is 0 Å². The standard InChI is InChI=1S/C21H25N/c1-3-21(22,4-2)19-13-18-14-9-5-7-11-16(14)20(19)17-12-8-6-10-15(17)18/h5-12,18-20H,3-4,13,22H2,1-2H3. The van der Waals surface area contributed by atoms with Crippen LogP contribution in [0.1, 0.15) is 67.2 Å². The van der Waals surface area contributed by atoms with E-state index in [1.165, 1.54) is 28.7 Å². The van der Waals surface area contributed by atoms with Crippen LogP contribution in [0.4, 0.5) is 0 Å². The first kappa shape index (κ1) is 14.0. The van der Waals surface area contributed by atoms with Crippen molar-refractivity contribution < 1.29 is 0 Å². The van der Waals surface area contributed by atoms with Crippen LogP contribution in [0.2, 0.25) is 0 Å². The second kappa shape index (κ2) is 4.96. The predicted molar refractivity (Wildman–Crippen MR) is 92.2 cm³/mol. The Hall–Kier alpha value is -1.60. The van der Waals surface area contributed by atoms with E-state index in [-0.39, 0.29) is 5.54 Å². The van der Waals surface area contributed by atoms with Crippen LogP contribution in [-0.4, -0.2) is 5.54 Å². The van der Waals surface area contributed by atoms with Gasteiger partial charge in [0.1, 0.15) is 0 Å². The molecule has 0 aromatic heterocycles. The number of nitrogens with two attached hydrogens (primary N) is 1. The van der Waals surface area contributed by atoms with Gasteiger partial charge in [-0.25, -0.2) is 0 Å². The molecule has 0 fully saturated rings. The summed E-state index contributed by atoms with van der Waals surface area (Å²) in [6.07, 6.45) is 3.32. The zero-order valence-electron chi connectivity index (χ0n) is 13.5. The van der Waals surface area contributed by atoms with E-state index >= 15 is 0 Å². The average Bonchev–Trinajstić information content (AvgIpc) is 2.61. The average molecular weight is 291 g/mol. The van der Waals surface area contributed by atoms with Gasteiger partial charge in [-0.1, -0.05) is 62.4 Å². The topological polar surface area (TPSA) is 26.0 Å². The normalized spacial score (nSPS) is 25.7. The van der Waals surface area contributed by atoms with Gasteiger partial charge in [0.05, 0.1) is 0 Å². The van der Waals surface area contributed by atoms with E-state index in [4.69, 9.17) is 5.73 Å².